The van der Waals surface area contributed by atoms with E-state index in [0.717, 1.165) is 0 Å². The van der Waals surface area contributed by atoms with Crippen LogP contribution in [0.5, 0.6) is 0 Å². The van der Waals surface area contributed by atoms with Crippen LogP contribution in [0.3, 0.4) is 0 Å². The zero-order valence-electron chi connectivity index (χ0n) is 10.9. The van der Waals surface area contributed by atoms with Crippen LogP contribution in [-0.4, -0.2) is 44.4 Å². The highest BCUT2D eigenvalue weighted by atomic mass is 35.5. The molecule has 0 aromatic heterocycles. The Morgan fingerprint density at radius 2 is 2.21 bits per heavy atom. The van der Waals surface area contributed by atoms with Crippen molar-refractivity contribution in [3.05, 3.63) is 34.9 Å². The van der Waals surface area contributed by atoms with E-state index in [-0.39, 0.29) is 19.0 Å². The van der Waals surface area contributed by atoms with Crippen LogP contribution >= 0.6 is 11.6 Å². The zero-order valence-corrected chi connectivity index (χ0v) is 11.6. The number of aliphatic hydroxyl groups excluding tert-OH is 1. The fourth-order valence-electron chi connectivity index (χ4n) is 1.50. The van der Waals surface area contributed by atoms with E-state index in [4.69, 9.17) is 16.3 Å². The SMILES string of the molecule is COCCNCC(=O)NCC(O)c1ccccc1Cl. The van der Waals surface area contributed by atoms with E-state index in [0.29, 0.717) is 23.7 Å². The van der Waals surface area contributed by atoms with Gasteiger partial charge in [-0.25, -0.2) is 0 Å². The molecule has 3 N–H and O–H groups in total. The molecular weight excluding hydrogens is 268 g/mol. The third-order valence-electron chi connectivity index (χ3n) is 2.53. The van der Waals surface area contributed by atoms with Crippen molar-refractivity contribution >= 4 is 17.5 Å². The summed E-state index contributed by atoms with van der Waals surface area (Å²) in [5.41, 5.74) is 0.608. The molecule has 0 saturated heterocycles. The maximum absolute atomic E-state index is 11.5. The first-order valence-electron chi connectivity index (χ1n) is 6.04. The van der Waals surface area contributed by atoms with Gasteiger partial charge >= 0.3 is 0 Å². The number of amides is 1. The molecule has 1 rings (SSSR count). The van der Waals surface area contributed by atoms with Gasteiger partial charge in [-0.3, -0.25) is 4.79 Å². The van der Waals surface area contributed by atoms with Crippen molar-refractivity contribution in [1.82, 2.24) is 10.6 Å². The number of aliphatic hydroxyl groups is 1. The lowest BCUT2D eigenvalue weighted by Gasteiger charge is -2.13. The highest BCUT2D eigenvalue weighted by Gasteiger charge is 2.11. The first kappa shape index (κ1) is 15.9. The molecule has 0 bridgehead atoms. The standard InChI is InChI=1S/C13H19ClN2O3/c1-19-7-6-15-9-13(18)16-8-12(17)10-4-2-3-5-11(10)14/h2-5,12,15,17H,6-9H2,1H3,(H,16,18). The Morgan fingerprint density at radius 3 is 2.89 bits per heavy atom. The van der Waals surface area contributed by atoms with Crippen LogP contribution in [-0.2, 0) is 9.53 Å². The first-order valence-corrected chi connectivity index (χ1v) is 6.41. The topological polar surface area (TPSA) is 70.6 Å². The molecule has 0 saturated carbocycles. The zero-order chi connectivity index (χ0) is 14.1. The summed E-state index contributed by atoms with van der Waals surface area (Å²) in [6.07, 6.45) is -0.809. The minimum Gasteiger partial charge on any atom is -0.387 e. The normalized spacial score (nSPS) is 12.2. The number of hydrogen-bond donors (Lipinski definition) is 3. The van der Waals surface area contributed by atoms with Crippen molar-refractivity contribution in [3.8, 4) is 0 Å². The van der Waals surface area contributed by atoms with E-state index in [9.17, 15) is 9.90 Å². The monoisotopic (exact) mass is 286 g/mol. The molecule has 0 aliphatic carbocycles. The van der Waals surface area contributed by atoms with Crippen molar-refractivity contribution in [1.29, 1.82) is 0 Å². The Bertz CT molecular complexity index is 401. The lowest BCUT2D eigenvalue weighted by Crippen LogP contribution is -2.37. The summed E-state index contributed by atoms with van der Waals surface area (Å²) in [4.78, 5) is 11.5. The smallest absolute Gasteiger partial charge is 0.234 e. The fourth-order valence-corrected chi connectivity index (χ4v) is 1.77. The van der Waals surface area contributed by atoms with E-state index in [1.165, 1.54) is 0 Å². The second kappa shape index (κ2) is 8.87. The average Bonchev–Trinajstić information content (AvgIpc) is 2.41. The Morgan fingerprint density at radius 1 is 1.47 bits per heavy atom. The molecule has 1 aromatic rings. The lowest BCUT2D eigenvalue weighted by molar-refractivity contribution is -0.120. The van der Waals surface area contributed by atoms with Crippen LogP contribution < -0.4 is 10.6 Å². The number of halogens is 1. The highest BCUT2D eigenvalue weighted by molar-refractivity contribution is 6.31. The quantitative estimate of drug-likeness (QED) is 0.616. The van der Waals surface area contributed by atoms with Gasteiger partial charge in [-0.15, -0.1) is 0 Å². The molecule has 0 aliphatic heterocycles. The van der Waals surface area contributed by atoms with Gasteiger partial charge in [0.25, 0.3) is 0 Å². The predicted octanol–water partition coefficient (Wildman–Crippen LogP) is 0.726. The van der Waals surface area contributed by atoms with E-state index >= 15 is 0 Å². The maximum atomic E-state index is 11.5. The molecule has 1 atom stereocenters. The fraction of sp³-hybridized carbons (Fsp3) is 0.462. The Balaban J connectivity index is 2.28. The van der Waals surface area contributed by atoms with Gasteiger partial charge in [-0.1, -0.05) is 29.8 Å². The van der Waals surface area contributed by atoms with Crippen molar-refractivity contribution in [3.63, 3.8) is 0 Å². The van der Waals surface area contributed by atoms with E-state index < -0.39 is 6.10 Å². The Kier molecular flexibility index (Phi) is 7.43. The average molecular weight is 287 g/mol. The first-order chi connectivity index (χ1) is 9.15. The van der Waals surface area contributed by atoms with Crippen LogP contribution in [0.2, 0.25) is 5.02 Å². The molecule has 0 fully saturated rings. The van der Waals surface area contributed by atoms with Crippen LogP contribution in [0.25, 0.3) is 0 Å². The summed E-state index contributed by atoms with van der Waals surface area (Å²) >= 11 is 5.95. The minimum atomic E-state index is -0.809. The molecule has 5 nitrogen and oxygen atoms in total. The molecule has 0 spiro atoms. The van der Waals surface area contributed by atoms with Crippen LogP contribution in [0.1, 0.15) is 11.7 Å². The number of nitrogens with one attached hydrogen (secondary N) is 2. The molecule has 0 aliphatic rings. The third-order valence-corrected chi connectivity index (χ3v) is 2.87. The molecule has 106 valence electrons. The summed E-state index contributed by atoms with van der Waals surface area (Å²) in [6, 6.07) is 7.01. The van der Waals surface area contributed by atoms with Gasteiger partial charge < -0.3 is 20.5 Å². The minimum absolute atomic E-state index is 0.133. The molecule has 19 heavy (non-hydrogen) atoms. The Hall–Kier alpha value is -1.14. The lowest BCUT2D eigenvalue weighted by atomic mass is 10.1. The van der Waals surface area contributed by atoms with E-state index in [2.05, 4.69) is 10.6 Å². The van der Waals surface area contributed by atoms with Crippen molar-refractivity contribution in [2.45, 2.75) is 6.10 Å². The number of carbonyl (C=O) groups excluding carboxylic acids is 1. The summed E-state index contributed by atoms with van der Waals surface area (Å²) < 4.78 is 4.84. The van der Waals surface area contributed by atoms with Gasteiger partial charge in [0.2, 0.25) is 5.91 Å². The third kappa shape index (κ3) is 6.02. The van der Waals surface area contributed by atoms with Crippen molar-refractivity contribution in [2.75, 3.05) is 33.4 Å². The second-order valence-corrected chi connectivity index (χ2v) is 4.42. The maximum Gasteiger partial charge on any atom is 0.234 e. The molecule has 1 unspecified atom stereocenters. The van der Waals surface area contributed by atoms with Gasteiger partial charge in [0, 0.05) is 30.8 Å². The van der Waals surface area contributed by atoms with Crippen molar-refractivity contribution < 1.29 is 14.6 Å². The van der Waals surface area contributed by atoms with Gasteiger partial charge in [0.15, 0.2) is 0 Å². The molecule has 0 radical (unpaired) electrons. The number of rotatable bonds is 8. The van der Waals surface area contributed by atoms with Crippen molar-refractivity contribution in [2.24, 2.45) is 0 Å². The number of hydrogen-bond acceptors (Lipinski definition) is 4. The highest BCUT2D eigenvalue weighted by Crippen LogP contribution is 2.21. The number of benzene rings is 1. The second-order valence-electron chi connectivity index (χ2n) is 4.01. The number of methoxy groups -OCH3 is 1. The molecule has 0 heterocycles. The molecule has 1 amide bonds. The van der Waals surface area contributed by atoms with Gasteiger partial charge in [-0.2, -0.15) is 0 Å². The van der Waals surface area contributed by atoms with E-state index in [1.54, 1.807) is 31.4 Å². The molecule has 1 aromatic carbocycles. The van der Waals surface area contributed by atoms with E-state index in [1.807, 2.05) is 0 Å². The largest absolute Gasteiger partial charge is 0.387 e. The molecule has 6 heteroatoms. The predicted molar refractivity (Wildman–Crippen MR) is 74.2 cm³/mol. The summed E-state index contributed by atoms with van der Waals surface area (Å²) in [5.74, 6) is -0.179. The van der Waals surface area contributed by atoms with Crippen LogP contribution in [0.15, 0.2) is 24.3 Å². The van der Waals surface area contributed by atoms with Crippen LogP contribution in [0, 0.1) is 0 Å². The molecular formula is C13H19ClN2O3. The number of carbonyl (C=O) groups is 1. The number of ether oxygens (including phenoxy) is 1. The van der Waals surface area contributed by atoms with Gasteiger partial charge in [0.05, 0.1) is 19.3 Å². The summed E-state index contributed by atoms with van der Waals surface area (Å²) in [6.45, 7) is 1.49. The Labute approximate surface area is 117 Å². The summed E-state index contributed by atoms with van der Waals surface area (Å²) in [5, 5.41) is 16.0. The van der Waals surface area contributed by atoms with Gasteiger partial charge in [0.1, 0.15) is 0 Å². The van der Waals surface area contributed by atoms with Gasteiger partial charge in [-0.05, 0) is 6.07 Å². The van der Waals surface area contributed by atoms with Crippen LogP contribution in [0.4, 0.5) is 0 Å². The summed E-state index contributed by atoms with van der Waals surface area (Å²) in [7, 11) is 1.60.